The van der Waals surface area contributed by atoms with Crippen molar-refractivity contribution in [1.29, 1.82) is 0 Å². The number of hydrogen-bond donors (Lipinski definition) is 1. The number of carbonyl (C=O) groups is 1. The lowest BCUT2D eigenvalue weighted by Crippen LogP contribution is -3.09. The van der Waals surface area contributed by atoms with Gasteiger partial charge in [0, 0.05) is 12.0 Å². The van der Waals surface area contributed by atoms with Crippen LogP contribution in [0.2, 0.25) is 0 Å². The second kappa shape index (κ2) is 8.11. The van der Waals surface area contributed by atoms with Gasteiger partial charge >= 0.3 is 5.97 Å². The molecule has 2 unspecified atom stereocenters. The van der Waals surface area contributed by atoms with Crippen molar-refractivity contribution < 1.29 is 14.4 Å². The van der Waals surface area contributed by atoms with Crippen molar-refractivity contribution in [2.45, 2.75) is 38.9 Å². The molecule has 0 bridgehead atoms. The number of benzene rings is 2. The van der Waals surface area contributed by atoms with Crippen molar-refractivity contribution in [3.05, 3.63) is 65.7 Å². The first-order valence-corrected chi connectivity index (χ1v) is 10.7. The fourth-order valence-electron chi connectivity index (χ4n) is 4.62. The highest BCUT2D eigenvalue weighted by Gasteiger charge is 2.52. The number of fused-ring (bicyclic) bond motifs is 1. The molecule has 0 spiro atoms. The summed E-state index contributed by atoms with van der Waals surface area (Å²) in [5, 5.41) is 6.83. The Balaban J connectivity index is 1.78. The van der Waals surface area contributed by atoms with Gasteiger partial charge in [-0.05, 0) is 32.9 Å². The molecule has 6 heteroatoms. The molecule has 1 fully saturated rings. The number of amidine groups is 1. The van der Waals surface area contributed by atoms with Crippen LogP contribution in [0.4, 0.5) is 5.69 Å². The number of anilines is 1. The molecule has 158 valence electrons. The van der Waals surface area contributed by atoms with Gasteiger partial charge in [-0.2, -0.15) is 0 Å². The number of aryl methyl sites for hydroxylation is 1. The van der Waals surface area contributed by atoms with E-state index in [-0.39, 0.29) is 5.97 Å². The Morgan fingerprint density at radius 1 is 1.20 bits per heavy atom. The first kappa shape index (κ1) is 20.4. The van der Waals surface area contributed by atoms with Crippen LogP contribution >= 0.6 is 0 Å². The highest BCUT2D eigenvalue weighted by molar-refractivity contribution is 6.36. The van der Waals surface area contributed by atoms with Crippen LogP contribution in [0, 0.1) is 6.92 Å². The predicted octanol–water partition coefficient (Wildman–Crippen LogP) is 2.37. The topological polar surface area (TPSA) is 49.6 Å². The van der Waals surface area contributed by atoms with E-state index in [4.69, 9.17) is 9.84 Å². The van der Waals surface area contributed by atoms with Gasteiger partial charge in [-0.1, -0.05) is 48.0 Å². The Morgan fingerprint density at radius 2 is 1.90 bits per heavy atom. The maximum Gasteiger partial charge on any atom is 0.376 e. The minimum atomic E-state index is -0.463. The Morgan fingerprint density at radius 3 is 2.57 bits per heavy atom. The maximum absolute atomic E-state index is 12.8. The summed E-state index contributed by atoms with van der Waals surface area (Å²) in [7, 11) is 2.24. The molecule has 3 atom stereocenters. The van der Waals surface area contributed by atoms with Crippen molar-refractivity contribution >= 4 is 17.5 Å². The molecule has 6 nitrogen and oxygen atoms in total. The molecule has 2 aliphatic heterocycles. The average molecular weight is 408 g/mol. The van der Waals surface area contributed by atoms with Gasteiger partial charge in [-0.25, -0.2) is 9.80 Å². The van der Waals surface area contributed by atoms with Crippen molar-refractivity contribution in [3.63, 3.8) is 0 Å². The normalized spacial score (nSPS) is 26.1. The van der Waals surface area contributed by atoms with Gasteiger partial charge in [0.05, 0.1) is 32.4 Å². The number of hydrazone groups is 1. The summed E-state index contributed by atoms with van der Waals surface area (Å²) in [5.74, 6) is 0.0515. The molecule has 0 amide bonds. The summed E-state index contributed by atoms with van der Waals surface area (Å²) in [5.41, 5.74) is 3.03. The zero-order valence-electron chi connectivity index (χ0n) is 18.3. The highest BCUT2D eigenvalue weighted by Crippen LogP contribution is 2.39. The largest absolute Gasteiger partial charge is 0.460 e. The molecule has 2 aromatic rings. The van der Waals surface area contributed by atoms with Crippen molar-refractivity contribution in [1.82, 2.24) is 4.90 Å². The van der Waals surface area contributed by atoms with Gasteiger partial charge in [0.15, 0.2) is 0 Å². The molecule has 1 N–H and O–H groups in total. The van der Waals surface area contributed by atoms with Gasteiger partial charge in [-0.3, -0.25) is 0 Å². The number of ether oxygens (including phenoxy) is 1. The van der Waals surface area contributed by atoms with Gasteiger partial charge in [0.2, 0.25) is 5.84 Å². The fraction of sp³-hybridized carbons (Fsp3) is 0.417. The van der Waals surface area contributed by atoms with Crippen molar-refractivity contribution in [2.24, 2.45) is 5.10 Å². The third kappa shape index (κ3) is 3.56. The first-order chi connectivity index (χ1) is 14.4. The molecule has 0 aliphatic carbocycles. The average Bonchev–Trinajstić information content (AvgIpc) is 2.96. The van der Waals surface area contributed by atoms with Gasteiger partial charge in [0.1, 0.15) is 11.7 Å². The smallest absolute Gasteiger partial charge is 0.376 e. The standard InChI is InChI=1S/C24H30N4O2/c1-5-30-23(29)22-25-28(20-13-11-18(2)12-14-20)24(3)17-21(19-9-7-6-8-10-19)26(4)15-16-27(22)24/h6-14,21H,5,15-17H2,1-4H3/p+1/t21?,24-/m0/s1. The van der Waals surface area contributed by atoms with Crippen LogP contribution in [0.1, 0.15) is 37.4 Å². The minimum Gasteiger partial charge on any atom is -0.460 e. The van der Waals surface area contributed by atoms with E-state index in [2.05, 4.69) is 80.4 Å². The summed E-state index contributed by atoms with van der Waals surface area (Å²) >= 11 is 0. The molecule has 0 saturated carbocycles. The molecular formula is C24H31N4O2+. The number of nitrogens with one attached hydrogen (secondary N) is 1. The molecule has 2 aliphatic rings. The van der Waals surface area contributed by atoms with Crippen LogP contribution in [0.5, 0.6) is 0 Å². The number of rotatable bonds is 4. The molecule has 0 aromatic heterocycles. The van der Waals surface area contributed by atoms with Gasteiger partial charge < -0.3 is 14.5 Å². The second-order valence-corrected chi connectivity index (χ2v) is 8.42. The number of nitrogens with zero attached hydrogens (tertiary/aromatic N) is 3. The Bertz CT molecular complexity index is 928. The van der Waals surface area contributed by atoms with E-state index in [0.29, 0.717) is 18.5 Å². The molecule has 30 heavy (non-hydrogen) atoms. The van der Waals surface area contributed by atoms with E-state index >= 15 is 0 Å². The van der Waals surface area contributed by atoms with E-state index in [0.717, 1.165) is 25.2 Å². The first-order valence-electron chi connectivity index (χ1n) is 10.7. The highest BCUT2D eigenvalue weighted by atomic mass is 16.5. The second-order valence-electron chi connectivity index (χ2n) is 8.42. The number of esters is 1. The number of likely N-dealkylation sites (N-methyl/N-ethyl adjacent to an activating group) is 1. The van der Waals surface area contributed by atoms with Gasteiger partial charge in [0.25, 0.3) is 0 Å². The summed E-state index contributed by atoms with van der Waals surface area (Å²) in [6.45, 7) is 8.09. The Hall–Kier alpha value is -2.86. The van der Waals surface area contributed by atoms with E-state index in [9.17, 15) is 4.79 Å². The molecular weight excluding hydrogens is 376 g/mol. The SMILES string of the molecule is CCOC(=O)C1=NN(c2ccc(C)cc2)[C@@]2(C)CC(c3ccccc3)[NH+](C)CCN12. The maximum atomic E-state index is 12.8. The summed E-state index contributed by atoms with van der Waals surface area (Å²) in [6, 6.07) is 19.3. The van der Waals surface area contributed by atoms with Crippen LogP contribution in [0.3, 0.4) is 0 Å². The number of carbonyl (C=O) groups excluding carboxylic acids is 1. The lowest BCUT2D eigenvalue weighted by atomic mass is 9.94. The lowest BCUT2D eigenvalue weighted by Gasteiger charge is -2.40. The van der Waals surface area contributed by atoms with Crippen LogP contribution in [0.25, 0.3) is 0 Å². The lowest BCUT2D eigenvalue weighted by molar-refractivity contribution is -0.910. The van der Waals surface area contributed by atoms with Crippen LogP contribution in [-0.2, 0) is 9.53 Å². The number of quaternary nitrogens is 1. The number of hydrogen-bond acceptors (Lipinski definition) is 5. The molecule has 1 saturated heterocycles. The van der Waals surface area contributed by atoms with E-state index in [1.54, 1.807) is 0 Å². The zero-order chi connectivity index (χ0) is 21.3. The zero-order valence-corrected chi connectivity index (χ0v) is 18.3. The summed E-state index contributed by atoms with van der Waals surface area (Å²) < 4.78 is 5.36. The van der Waals surface area contributed by atoms with Crippen LogP contribution in [0.15, 0.2) is 59.7 Å². The summed E-state index contributed by atoms with van der Waals surface area (Å²) in [4.78, 5) is 16.4. The minimum absolute atomic E-state index is 0.297. The van der Waals surface area contributed by atoms with Gasteiger partial charge in [-0.15, -0.1) is 5.10 Å². The fourth-order valence-corrected chi connectivity index (χ4v) is 4.62. The third-order valence-electron chi connectivity index (χ3n) is 6.34. The molecule has 0 radical (unpaired) electrons. The molecule has 4 rings (SSSR count). The summed E-state index contributed by atoms with van der Waals surface area (Å²) in [6.07, 6.45) is 0.836. The molecule has 2 heterocycles. The van der Waals surface area contributed by atoms with Crippen molar-refractivity contribution in [3.8, 4) is 0 Å². The Labute approximate surface area is 178 Å². The Kier molecular flexibility index (Phi) is 5.52. The third-order valence-corrected chi connectivity index (χ3v) is 6.34. The van der Waals surface area contributed by atoms with E-state index in [1.807, 2.05) is 11.9 Å². The van der Waals surface area contributed by atoms with E-state index in [1.165, 1.54) is 16.0 Å². The monoisotopic (exact) mass is 407 g/mol. The predicted molar refractivity (Wildman–Crippen MR) is 118 cm³/mol. The molecule has 2 aromatic carbocycles. The quantitative estimate of drug-likeness (QED) is 0.791. The van der Waals surface area contributed by atoms with Crippen LogP contribution < -0.4 is 9.91 Å². The van der Waals surface area contributed by atoms with E-state index < -0.39 is 5.66 Å². The van der Waals surface area contributed by atoms with Crippen LogP contribution in [-0.4, -0.2) is 49.1 Å². The van der Waals surface area contributed by atoms with Crippen molar-refractivity contribution in [2.75, 3.05) is 31.8 Å².